The molecule has 0 atom stereocenters. The van der Waals surface area contributed by atoms with Crippen LogP contribution in [-0.4, -0.2) is 12.0 Å². The quantitative estimate of drug-likeness (QED) is 0.838. The number of hydrogen-bond donors (Lipinski definition) is 2. The molecule has 1 aromatic carbocycles. The molecule has 0 spiro atoms. The highest BCUT2D eigenvalue weighted by Crippen LogP contribution is 2.19. The van der Waals surface area contributed by atoms with Crippen molar-refractivity contribution in [1.29, 1.82) is 0 Å². The van der Waals surface area contributed by atoms with Gasteiger partial charge in [0.05, 0.1) is 0 Å². The van der Waals surface area contributed by atoms with E-state index >= 15 is 0 Å². The lowest BCUT2D eigenvalue weighted by Gasteiger charge is -1.98. The monoisotopic (exact) mass is 246 g/mol. The van der Waals surface area contributed by atoms with E-state index in [4.69, 9.17) is 0 Å². The normalized spacial score (nSPS) is 9.47. The first kappa shape index (κ1) is 14.3. The molecule has 0 fully saturated rings. The van der Waals surface area contributed by atoms with E-state index in [1.165, 1.54) is 22.0 Å². The molecule has 84 valence electrons. The second-order valence-corrected chi connectivity index (χ2v) is 3.39. The van der Waals surface area contributed by atoms with Gasteiger partial charge in [0, 0.05) is 23.6 Å². The molecule has 0 bridgehead atoms. The van der Waals surface area contributed by atoms with E-state index in [1.54, 1.807) is 0 Å². The fourth-order valence-electron chi connectivity index (χ4n) is 1.63. The van der Waals surface area contributed by atoms with Gasteiger partial charge in [-0.1, -0.05) is 11.6 Å². The summed E-state index contributed by atoms with van der Waals surface area (Å²) in [6, 6.07) is 6.48. The van der Waals surface area contributed by atoms with Gasteiger partial charge in [0.2, 0.25) is 0 Å². The number of aromatic nitrogens is 1. The Morgan fingerprint density at radius 2 is 2.00 bits per heavy atom. The van der Waals surface area contributed by atoms with Crippen molar-refractivity contribution in [3.05, 3.63) is 35.5 Å². The second kappa shape index (κ2) is 6.01. The Labute approximate surface area is 102 Å². The lowest BCUT2D eigenvalue weighted by Crippen LogP contribution is -2.03. The lowest BCUT2D eigenvalue weighted by molar-refractivity contribution is 0.823. The van der Waals surface area contributed by atoms with Gasteiger partial charge in [0.15, 0.2) is 0 Å². The Kier molecular flexibility index (Phi) is 5.73. The number of rotatable bonds is 2. The summed E-state index contributed by atoms with van der Waals surface area (Å²) >= 11 is 0. The molecular weight excluding hydrogens is 231 g/mol. The van der Waals surface area contributed by atoms with E-state index in [-0.39, 0.29) is 24.8 Å². The first-order valence-electron chi connectivity index (χ1n) is 4.52. The zero-order valence-electron chi connectivity index (χ0n) is 8.83. The van der Waals surface area contributed by atoms with E-state index in [0.29, 0.717) is 0 Å². The average Bonchev–Trinajstić information content (AvgIpc) is 2.49. The Morgan fingerprint density at radius 1 is 1.27 bits per heavy atom. The molecule has 2 nitrogen and oxygen atoms in total. The summed E-state index contributed by atoms with van der Waals surface area (Å²) in [6.07, 6.45) is 2.07. The highest BCUT2D eigenvalue weighted by molar-refractivity contribution is 5.85. The largest absolute Gasteiger partial charge is 0.361 e. The molecule has 0 aliphatic heterocycles. The van der Waals surface area contributed by atoms with Gasteiger partial charge in [-0.25, -0.2) is 0 Å². The van der Waals surface area contributed by atoms with Gasteiger partial charge in [-0.05, 0) is 31.7 Å². The summed E-state index contributed by atoms with van der Waals surface area (Å²) in [5.41, 5.74) is 3.86. The number of benzene rings is 1. The van der Waals surface area contributed by atoms with Crippen LogP contribution in [0.3, 0.4) is 0 Å². The SMILES string of the molecule is CNCc1c[nH]c2ccc(C)cc12.Cl.Cl. The third-order valence-electron chi connectivity index (χ3n) is 2.29. The Balaban J connectivity index is 0.000000980. The highest BCUT2D eigenvalue weighted by Gasteiger charge is 2.01. The molecule has 2 N–H and O–H groups in total. The maximum atomic E-state index is 3.26. The molecule has 0 saturated heterocycles. The molecule has 0 amide bonds. The van der Waals surface area contributed by atoms with Gasteiger partial charge in [-0.15, -0.1) is 24.8 Å². The fourth-order valence-corrected chi connectivity index (χ4v) is 1.63. The summed E-state index contributed by atoms with van der Waals surface area (Å²) < 4.78 is 0. The number of aromatic amines is 1. The molecular formula is C11H16Cl2N2. The van der Waals surface area contributed by atoms with Crippen LogP contribution in [-0.2, 0) is 6.54 Å². The molecule has 2 aromatic rings. The van der Waals surface area contributed by atoms with Gasteiger partial charge >= 0.3 is 0 Å². The van der Waals surface area contributed by atoms with Crippen LogP contribution in [0.1, 0.15) is 11.1 Å². The summed E-state index contributed by atoms with van der Waals surface area (Å²) in [6.45, 7) is 3.04. The van der Waals surface area contributed by atoms with E-state index in [2.05, 4.69) is 41.6 Å². The van der Waals surface area contributed by atoms with Crippen LogP contribution in [0.5, 0.6) is 0 Å². The van der Waals surface area contributed by atoms with Crippen molar-refractivity contribution in [3.8, 4) is 0 Å². The number of H-pyrrole nitrogens is 1. The summed E-state index contributed by atoms with van der Waals surface area (Å²) in [7, 11) is 1.97. The van der Waals surface area contributed by atoms with Crippen molar-refractivity contribution < 1.29 is 0 Å². The first-order chi connectivity index (χ1) is 6.31. The van der Waals surface area contributed by atoms with Crippen LogP contribution in [0.25, 0.3) is 10.9 Å². The smallest absolute Gasteiger partial charge is 0.0457 e. The minimum atomic E-state index is 0. The zero-order chi connectivity index (χ0) is 9.26. The van der Waals surface area contributed by atoms with Gasteiger partial charge in [0.1, 0.15) is 0 Å². The number of fused-ring (bicyclic) bond motifs is 1. The van der Waals surface area contributed by atoms with Crippen molar-refractivity contribution in [2.24, 2.45) is 0 Å². The lowest BCUT2D eigenvalue weighted by atomic mass is 10.1. The van der Waals surface area contributed by atoms with E-state index in [1.807, 2.05) is 7.05 Å². The Bertz CT molecular complexity index is 423. The van der Waals surface area contributed by atoms with Crippen molar-refractivity contribution >= 4 is 35.7 Å². The summed E-state index contributed by atoms with van der Waals surface area (Å²) in [4.78, 5) is 3.26. The minimum absolute atomic E-state index is 0. The average molecular weight is 247 g/mol. The molecule has 4 heteroatoms. The molecule has 0 unspecified atom stereocenters. The van der Waals surface area contributed by atoms with E-state index < -0.39 is 0 Å². The number of hydrogen-bond acceptors (Lipinski definition) is 1. The molecule has 2 rings (SSSR count). The van der Waals surface area contributed by atoms with Crippen molar-refractivity contribution in [2.75, 3.05) is 7.05 Å². The maximum absolute atomic E-state index is 3.26. The van der Waals surface area contributed by atoms with Crippen molar-refractivity contribution in [3.63, 3.8) is 0 Å². The molecule has 0 radical (unpaired) electrons. The van der Waals surface area contributed by atoms with Crippen molar-refractivity contribution in [1.82, 2.24) is 10.3 Å². The Hall–Kier alpha value is -0.700. The van der Waals surface area contributed by atoms with Crippen LogP contribution in [0.4, 0.5) is 0 Å². The summed E-state index contributed by atoms with van der Waals surface area (Å²) in [5, 5.41) is 4.49. The molecule has 1 heterocycles. The van der Waals surface area contributed by atoms with Crippen molar-refractivity contribution in [2.45, 2.75) is 13.5 Å². The van der Waals surface area contributed by atoms with Crippen LogP contribution >= 0.6 is 24.8 Å². The summed E-state index contributed by atoms with van der Waals surface area (Å²) in [5.74, 6) is 0. The fraction of sp³-hybridized carbons (Fsp3) is 0.273. The van der Waals surface area contributed by atoms with Crippen LogP contribution in [0, 0.1) is 6.92 Å². The predicted octanol–water partition coefficient (Wildman–Crippen LogP) is 3.04. The Morgan fingerprint density at radius 3 is 2.67 bits per heavy atom. The number of aryl methyl sites for hydroxylation is 1. The minimum Gasteiger partial charge on any atom is -0.361 e. The zero-order valence-corrected chi connectivity index (χ0v) is 10.5. The van der Waals surface area contributed by atoms with Crippen LogP contribution < -0.4 is 5.32 Å². The van der Waals surface area contributed by atoms with Gasteiger partial charge in [-0.3, -0.25) is 0 Å². The van der Waals surface area contributed by atoms with Crippen LogP contribution in [0.15, 0.2) is 24.4 Å². The maximum Gasteiger partial charge on any atom is 0.0457 e. The van der Waals surface area contributed by atoms with E-state index in [0.717, 1.165) is 6.54 Å². The third-order valence-corrected chi connectivity index (χ3v) is 2.29. The number of nitrogens with one attached hydrogen (secondary N) is 2. The standard InChI is InChI=1S/C11H14N2.2ClH/c1-8-3-4-11-10(5-8)9(6-12-2)7-13-11;;/h3-5,7,12-13H,6H2,1-2H3;2*1H. The second-order valence-electron chi connectivity index (χ2n) is 3.39. The van der Waals surface area contributed by atoms with Crippen LogP contribution in [0.2, 0.25) is 0 Å². The number of halogens is 2. The molecule has 1 aromatic heterocycles. The predicted molar refractivity (Wildman–Crippen MR) is 70.3 cm³/mol. The highest BCUT2D eigenvalue weighted by atomic mass is 35.5. The van der Waals surface area contributed by atoms with Gasteiger partial charge in [-0.2, -0.15) is 0 Å². The molecule has 0 aliphatic rings. The van der Waals surface area contributed by atoms with E-state index in [9.17, 15) is 0 Å². The van der Waals surface area contributed by atoms with Gasteiger partial charge < -0.3 is 10.3 Å². The van der Waals surface area contributed by atoms with Gasteiger partial charge in [0.25, 0.3) is 0 Å². The topological polar surface area (TPSA) is 27.8 Å². The molecule has 15 heavy (non-hydrogen) atoms. The first-order valence-corrected chi connectivity index (χ1v) is 4.52. The third kappa shape index (κ3) is 2.88. The molecule has 0 aliphatic carbocycles. The molecule has 0 saturated carbocycles.